The third kappa shape index (κ3) is 1.37. The number of fused-ring (bicyclic) bond motifs is 1. The highest BCUT2D eigenvalue weighted by Crippen LogP contribution is 2.24. The lowest BCUT2D eigenvalue weighted by Gasteiger charge is -1.96. The molecule has 16 heavy (non-hydrogen) atoms. The van der Waals surface area contributed by atoms with Gasteiger partial charge < -0.3 is 0 Å². The van der Waals surface area contributed by atoms with Crippen LogP contribution in [0, 0.1) is 6.92 Å². The van der Waals surface area contributed by atoms with Gasteiger partial charge in [0.1, 0.15) is 11.2 Å². The van der Waals surface area contributed by atoms with Gasteiger partial charge in [0.15, 0.2) is 0 Å². The average molecular weight is 209 g/mol. The zero-order valence-electron chi connectivity index (χ0n) is 8.94. The molecular formula is C13H11N3. The fourth-order valence-corrected chi connectivity index (χ4v) is 1.81. The van der Waals surface area contributed by atoms with E-state index >= 15 is 0 Å². The molecule has 0 bridgehead atoms. The maximum absolute atomic E-state index is 4.42. The van der Waals surface area contributed by atoms with Crippen molar-refractivity contribution in [3.8, 4) is 11.3 Å². The molecule has 3 heteroatoms. The maximum atomic E-state index is 4.42. The third-order valence-corrected chi connectivity index (χ3v) is 2.58. The van der Waals surface area contributed by atoms with Gasteiger partial charge in [0, 0.05) is 11.8 Å². The number of nitrogens with one attached hydrogen (secondary N) is 1. The van der Waals surface area contributed by atoms with Crippen molar-refractivity contribution in [2.24, 2.45) is 0 Å². The molecule has 0 unspecified atom stereocenters. The smallest absolute Gasteiger partial charge is 0.118 e. The standard InChI is InChI=1S/C13H11N3/c1-9-7-11-13(14-8-9)12(16-15-11)10-5-3-2-4-6-10/h2-8H,1H3,(H,15,16). The van der Waals surface area contributed by atoms with Crippen molar-refractivity contribution in [2.75, 3.05) is 0 Å². The van der Waals surface area contributed by atoms with Crippen LogP contribution in [0.1, 0.15) is 5.56 Å². The Labute approximate surface area is 93.2 Å². The molecule has 3 aromatic rings. The minimum Gasteiger partial charge on any atom is -0.276 e. The Kier molecular flexibility index (Phi) is 1.96. The van der Waals surface area contributed by atoms with Crippen LogP contribution in [0.15, 0.2) is 42.6 Å². The molecule has 3 nitrogen and oxygen atoms in total. The van der Waals surface area contributed by atoms with Gasteiger partial charge in [-0.3, -0.25) is 10.1 Å². The van der Waals surface area contributed by atoms with Gasteiger partial charge in [0.05, 0.1) is 5.52 Å². The fraction of sp³-hybridized carbons (Fsp3) is 0.0769. The molecule has 0 aliphatic heterocycles. The van der Waals surface area contributed by atoms with Crippen LogP contribution in [0.2, 0.25) is 0 Å². The highest BCUT2D eigenvalue weighted by Gasteiger charge is 2.08. The lowest BCUT2D eigenvalue weighted by molar-refractivity contribution is 1.12. The zero-order valence-corrected chi connectivity index (χ0v) is 8.94. The molecule has 0 spiro atoms. The van der Waals surface area contributed by atoms with Gasteiger partial charge in [0.2, 0.25) is 0 Å². The minimum absolute atomic E-state index is 0.913. The summed E-state index contributed by atoms with van der Waals surface area (Å²) in [5.74, 6) is 0. The maximum Gasteiger partial charge on any atom is 0.118 e. The van der Waals surface area contributed by atoms with Crippen molar-refractivity contribution in [1.29, 1.82) is 0 Å². The monoisotopic (exact) mass is 209 g/mol. The molecular weight excluding hydrogens is 198 g/mol. The van der Waals surface area contributed by atoms with Gasteiger partial charge in [-0.2, -0.15) is 5.10 Å². The second-order valence-corrected chi connectivity index (χ2v) is 3.85. The molecule has 2 aromatic heterocycles. The van der Waals surface area contributed by atoms with E-state index in [9.17, 15) is 0 Å². The largest absolute Gasteiger partial charge is 0.276 e. The van der Waals surface area contributed by atoms with Crippen LogP contribution in [0.4, 0.5) is 0 Å². The second-order valence-electron chi connectivity index (χ2n) is 3.85. The minimum atomic E-state index is 0.913. The van der Waals surface area contributed by atoms with E-state index in [2.05, 4.69) is 21.2 Å². The molecule has 2 heterocycles. The van der Waals surface area contributed by atoms with E-state index in [0.717, 1.165) is 27.9 Å². The first-order chi connectivity index (χ1) is 7.84. The molecule has 0 aliphatic carbocycles. The van der Waals surface area contributed by atoms with Crippen LogP contribution in [0.5, 0.6) is 0 Å². The van der Waals surface area contributed by atoms with Crippen molar-refractivity contribution in [2.45, 2.75) is 6.92 Å². The number of aryl methyl sites for hydroxylation is 1. The Morgan fingerprint density at radius 1 is 1.12 bits per heavy atom. The van der Waals surface area contributed by atoms with Crippen molar-refractivity contribution >= 4 is 11.0 Å². The predicted octanol–water partition coefficient (Wildman–Crippen LogP) is 2.93. The van der Waals surface area contributed by atoms with E-state index in [1.54, 1.807) is 0 Å². The van der Waals surface area contributed by atoms with E-state index in [1.807, 2.05) is 43.5 Å². The Morgan fingerprint density at radius 2 is 1.94 bits per heavy atom. The van der Waals surface area contributed by atoms with Gasteiger partial charge in [-0.15, -0.1) is 0 Å². The van der Waals surface area contributed by atoms with Crippen molar-refractivity contribution in [3.05, 3.63) is 48.2 Å². The molecule has 3 rings (SSSR count). The number of rotatable bonds is 1. The summed E-state index contributed by atoms with van der Waals surface area (Å²) in [7, 11) is 0. The highest BCUT2D eigenvalue weighted by atomic mass is 15.1. The number of nitrogens with zero attached hydrogens (tertiary/aromatic N) is 2. The molecule has 0 aliphatic rings. The lowest BCUT2D eigenvalue weighted by Crippen LogP contribution is -1.81. The van der Waals surface area contributed by atoms with E-state index in [4.69, 9.17) is 0 Å². The Bertz CT molecular complexity index is 626. The zero-order chi connectivity index (χ0) is 11.0. The summed E-state index contributed by atoms with van der Waals surface area (Å²) >= 11 is 0. The molecule has 0 fully saturated rings. The summed E-state index contributed by atoms with van der Waals surface area (Å²) in [6.45, 7) is 2.02. The van der Waals surface area contributed by atoms with E-state index in [-0.39, 0.29) is 0 Å². The number of hydrogen-bond donors (Lipinski definition) is 1. The predicted molar refractivity (Wildman–Crippen MR) is 64.1 cm³/mol. The lowest BCUT2D eigenvalue weighted by atomic mass is 10.1. The van der Waals surface area contributed by atoms with Gasteiger partial charge in [-0.05, 0) is 18.6 Å². The fourth-order valence-electron chi connectivity index (χ4n) is 1.81. The summed E-state index contributed by atoms with van der Waals surface area (Å²) in [5.41, 5.74) is 5.05. The molecule has 0 saturated heterocycles. The quantitative estimate of drug-likeness (QED) is 0.669. The second kappa shape index (κ2) is 3.45. The number of H-pyrrole nitrogens is 1. The summed E-state index contributed by atoms with van der Waals surface area (Å²) in [5, 5.41) is 7.33. The Balaban J connectivity index is 2.26. The Morgan fingerprint density at radius 3 is 2.75 bits per heavy atom. The first-order valence-corrected chi connectivity index (χ1v) is 5.21. The van der Waals surface area contributed by atoms with Crippen molar-refractivity contribution in [1.82, 2.24) is 15.2 Å². The number of benzene rings is 1. The SMILES string of the molecule is Cc1cnc2c(-c3ccccc3)n[nH]c2c1. The summed E-state index contributed by atoms with van der Waals surface area (Å²) in [6.07, 6.45) is 1.87. The average Bonchev–Trinajstić information content (AvgIpc) is 2.73. The molecule has 0 atom stereocenters. The number of aromatic nitrogens is 3. The molecule has 0 amide bonds. The summed E-state index contributed by atoms with van der Waals surface area (Å²) in [4.78, 5) is 4.42. The normalized spacial score (nSPS) is 10.8. The molecule has 0 radical (unpaired) electrons. The molecule has 1 aromatic carbocycles. The van der Waals surface area contributed by atoms with Crippen LogP contribution in [0.25, 0.3) is 22.3 Å². The van der Waals surface area contributed by atoms with Crippen LogP contribution in [-0.2, 0) is 0 Å². The van der Waals surface area contributed by atoms with E-state index in [0.29, 0.717) is 0 Å². The summed E-state index contributed by atoms with van der Waals surface area (Å²) < 4.78 is 0. The van der Waals surface area contributed by atoms with E-state index < -0.39 is 0 Å². The highest BCUT2D eigenvalue weighted by molar-refractivity contribution is 5.89. The number of pyridine rings is 1. The third-order valence-electron chi connectivity index (χ3n) is 2.58. The molecule has 1 N–H and O–H groups in total. The van der Waals surface area contributed by atoms with Crippen molar-refractivity contribution < 1.29 is 0 Å². The van der Waals surface area contributed by atoms with Gasteiger partial charge >= 0.3 is 0 Å². The first kappa shape index (κ1) is 9.09. The van der Waals surface area contributed by atoms with Crippen LogP contribution in [-0.4, -0.2) is 15.2 Å². The van der Waals surface area contributed by atoms with Gasteiger partial charge in [0.25, 0.3) is 0 Å². The molecule has 0 saturated carbocycles. The van der Waals surface area contributed by atoms with Crippen LogP contribution >= 0.6 is 0 Å². The topological polar surface area (TPSA) is 41.6 Å². The Hall–Kier alpha value is -2.16. The van der Waals surface area contributed by atoms with Crippen LogP contribution in [0.3, 0.4) is 0 Å². The van der Waals surface area contributed by atoms with E-state index in [1.165, 1.54) is 0 Å². The number of aromatic amines is 1. The molecule has 78 valence electrons. The van der Waals surface area contributed by atoms with Gasteiger partial charge in [-0.1, -0.05) is 30.3 Å². The van der Waals surface area contributed by atoms with Crippen molar-refractivity contribution in [3.63, 3.8) is 0 Å². The first-order valence-electron chi connectivity index (χ1n) is 5.21. The van der Waals surface area contributed by atoms with Crippen LogP contribution < -0.4 is 0 Å². The van der Waals surface area contributed by atoms with Gasteiger partial charge in [-0.25, -0.2) is 0 Å². The number of hydrogen-bond acceptors (Lipinski definition) is 2. The summed E-state index contributed by atoms with van der Waals surface area (Å²) in [6, 6.07) is 12.1.